The fourth-order valence-electron chi connectivity index (χ4n) is 2.70. The van der Waals surface area contributed by atoms with Crippen molar-refractivity contribution in [3.8, 4) is 0 Å². The largest absolute Gasteiger partial charge is 0.396 e. The summed E-state index contributed by atoms with van der Waals surface area (Å²) in [4.78, 5) is 12.3. The molecule has 1 aliphatic carbocycles. The van der Waals surface area contributed by atoms with E-state index < -0.39 is 0 Å². The van der Waals surface area contributed by atoms with Gasteiger partial charge in [0.1, 0.15) is 0 Å². The van der Waals surface area contributed by atoms with Crippen molar-refractivity contribution in [2.24, 2.45) is 0 Å². The molecule has 1 heterocycles. The zero-order valence-corrected chi connectivity index (χ0v) is 12.1. The second-order valence-electron chi connectivity index (χ2n) is 5.48. The van der Waals surface area contributed by atoms with Crippen LogP contribution in [0.3, 0.4) is 0 Å². The molecule has 0 bridgehead atoms. The Morgan fingerprint density at radius 1 is 1.53 bits per heavy atom. The number of rotatable bonds is 6. The molecule has 1 aromatic heterocycles. The molecule has 4 nitrogen and oxygen atoms in total. The van der Waals surface area contributed by atoms with E-state index in [0.717, 1.165) is 17.7 Å². The topological polar surface area (TPSA) is 54.3 Å². The van der Waals surface area contributed by atoms with Gasteiger partial charge in [-0.2, -0.15) is 0 Å². The lowest BCUT2D eigenvalue weighted by Crippen LogP contribution is -2.35. The van der Waals surface area contributed by atoms with Crippen molar-refractivity contribution in [1.82, 2.24) is 9.88 Å². The standard InChI is InChI=1S/C15H24N2O2/c1-4-12(7-8-18)16-15(19)14-9-10(2)17(11(14)3)13-5-6-13/h9,12-13,18H,4-8H2,1-3H3,(H,16,19). The minimum absolute atomic E-state index is 0.0136. The van der Waals surface area contributed by atoms with E-state index in [-0.39, 0.29) is 18.6 Å². The molecule has 1 amide bonds. The summed E-state index contributed by atoms with van der Waals surface area (Å²) in [5, 5.41) is 12.0. The number of nitrogens with zero attached hydrogens (tertiary/aromatic N) is 1. The molecule has 0 aliphatic heterocycles. The van der Waals surface area contributed by atoms with E-state index in [4.69, 9.17) is 5.11 Å². The van der Waals surface area contributed by atoms with Crippen LogP contribution in [0, 0.1) is 13.8 Å². The lowest BCUT2D eigenvalue weighted by Gasteiger charge is -2.15. The number of nitrogens with one attached hydrogen (secondary N) is 1. The highest BCUT2D eigenvalue weighted by Crippen LogP contribution is 2.38. The average molecular weight is 264 g/mol. The molecular formula is C15H24N2O2. The van der Waals surface area contributed by atoms with Gasteiger partial charge in [-0.3, -0.25) is 4.79 Å². The highest BCUT2D eigenvalue weighted by atomic mass is 16.3. The second-order valence-corrected chi connectivity index (χ2v) is 5.48. The zero-order valence-electron chi connectivity index (χ0n) is 12.1. The number of carbonyl (C=O) groups excluding carboxylic acids is 1. The highest BCUT2D eigenvalue weighted by Gasteiger charge is 2.28. The van der Waals surface area contributed by atoms with E-state index in [1.54, 1.807) is 0 Å². The van der Waals surface area contributed by atoms with Crippen LogP contribution >= 0.6 is 0 Å². The Labute approximate surface area is 114 Å². The summed E-state index contributed by atoms with van der Waals surface area (Å²) in [5.74, 6) is -0.0136. The first-order valence-electron chi connectivity index (χ1n) is 7.18. The Kier molecular flexibility index (Phi) is 4.30. The number of aromatic nitrogens is 1. The first kappa shape index (κ1) is 14.1. The van der Waals surface area contributed by atoms with Crippen LogP contribution in [-0.2, 0) is 0 Å². The van der Waals surface area contributed by atoms with Crippen LogP contribution in [0.15, 0.2) is 6.07 Å². The predicted molar refractivity (Wildman–Crippen MR) is 75.4 cm³/mol. The van der Waals surface area contributed by atoms with E-state index in [9.17, 15) is 4.79 Å². The average Bonchev–Trinajstić information content (AvgIpc) is 3.15. The minimum atomic E-state index is -0.0136. The van der Waals surface area contributed by atoms with Crippen molar-refractivity contribution >= 4 is 5.91 Å². The highest BCUT2D eigenvalue weighted by molar-refractivity contribution is 5.95. The number of aliphatic hydroxyl groups is 1. The van der Waals surface area contributed by atoms with Crippen molar-refractivity contribution in [1.29, 1.82) is 0 Å². The van der Waals surface area contributed by atoms with E-state index in [0.29, 0.717) is 12.5 Å². The zero-order chi connectivity index (χ0) is 14.0. The maximum absolute atomic E-state index is 12.3. The molecule has 0 radical (unpaired) electrons. The molecule has 1 saturated carbocycles. The third kappa shape index (κ3) is 3.00. The third-order valence-corrected chi connectivity index (χ3v) is 3.95. The van der Waals surface area contributed by atoms with Gasteiger partial charge in [-0.15, -0.1) is 0 Å². The van der Waals surface area contributed by atoms with Crippen molar-refractivity contribution in [3.05, 3.63) is 23.0 Å². The van der Waals surface area contributed by atoms with Gasteiger partial charge < -0.3 is 15.0 Å². The quantitative estimate of drug-likeness (QED) is 0.828. The number of amides is 1. The van der Waals surface area contributed by atoms with E-state index in [1.807, 2.05) is 19.9 Å². The second kappa shape index (κ2) is 5.78. The summed E-state index contributed by atoms with van der Waals surface area (Å²) in [6, 6.07) is 2.64. The predicted octanol–water partition coefficient (Wildman–Crippen LogP) is 2.33. The number of hydrogen-bond donors (Lipinski definition) is 2. The summed E-state index contributed by atoms with van der Waals surface area (Å²) in [6.07, 6.45) is 3.90. The van der Waals surface area contributed by atoms with E-state index in [1.165, 1.54) is 18.5 Å². The van der Waals surface area contributed by atoms with Gasteiger partial charge in [0.2, 0.25) is 0 Å². The van der Waals surface area contributed by atoms with Crippen molar-refractivity contribution < 1.29 is 9.90 Å². The normalized spacial score (nSPS) is 16.4. The molecule has 1 unspecified atom stereocenters. The molecule has 4 heteroatoms. The van der Waals surface area contributed by atoms with Gasteiger partial charge in [-0.25, -0.2) is 0 Å². The van der Waals surface area contributed by atoms with Gasteiger partial charge in [-0.1, -0.05) is 6.92 Å². The lowest BCUT2D eigenvalue weighted by molar-refractivity contribution is 0.0928. The van der Waals surface area contributed by atoms with Gasteiger partial charge in [0.25, 0.3) is 5.91 Å². The molecule has 19 heavy (non-hydrogen) atoms. The van der Waals surface area contributed by atoms with Gasteiger partial charge in [0.05, 0.1) is 5.56 Å². The molecule has 0 saturated heterocycles. The fraction of sp³-hybridized carbons (Fsp3) is 0.667. The van der Waals surface area contributed by atoms with E-state index in [2.05, 4.69) is 16.8 Å². The van der Waals surface area contributed by atoms with Crippen LogP contribution in [0.1, 0.15) is 60.4 Å². The van der Waals surface area contributed by atoms with Crippen molar-refractivity contribution in [2.45, 2.75) is 58.5 Å². The Morgan fingerprint density at radius 3 is 2.74 bits per heavy atom. The molecule has 1 fully saturated rings. The summed E-state index contributed by atoms with van der Waals surface area (Å²) < 4.78 is 2.28. The van der Waals surface area contributed by atoms with Crippen LogP contribution in [0.4, 0.5) is 0 Å². The third-order valence-electron chi connectivity index (χ3n) is 3.95. The van der Waals surface area contributed by atoms with Crippen molar-refractivity contribution in [3.63, 3.8) is 0 Å². The number of aryl methyl sites for hydroxylation is 1. The van der Waals surface area contributed by atoms with Gasteiger partial charge >= 0.3 is 0 Å². The Bertz CT molecular complexity index is 461. The molecule has 0 aromatic carbocycles. The molecule has 1 aromatic rings. The van der Waals surface area contributed by atoms with Gasteiger partial charge in [0, 0.05) is 30.1 Å². The summed E-state index contributed by atoms with van der Waals surface area (Å²) in [7, 11) is 0. The first-order chi connectivity index (χ1) is 9.08. The Hall–Kier alpha value is -1.29. The first-order valence-corrected chi connectivity index (χ1v) is 7.18. The number of hydrogen-bond acceptors (Lipinski definition) is 2. The van der Waals surface area contributed by atoms with Crippen molar-refractivity contribution in [2.75, 3.05) is 6.61 Å². The van der Waals surface area contributed by atoms with Crippen LogP contribution < -0.4 is 5.32 Å². The molecular weight excluding hydrogens is 240 g/mol. The molecule has 0 spiro atoms. The Morgan fingerprint density at radius 2 is 2.21 bits per heavy atom. The monoisotopic (exact) mass is 264 g/mol. The number of aliphatic hydroxyl groups excluding tert-OH is 1. The maximum atomic E-state index is 12.3. The number of carbonyl (C=O) groups is 1. The molecule has 1 atom stereocenters. The SMILES string of the molecule is CCC(CCO)NC(=O)c1cc(C)n(C2CC2)c1C. The molecule has 2 rings (SSSR count). The van der Waals surface area contributed by atoms with Gasteiger partial charge in [-0.05, 0) is 45.6 Å². The molecule has 106 valence electrons. The Balaban J connectivity index is 2.12. The minimum Gasteiger partial charge on any atom is -0.396 e. The maximum Gasteiger partial charge on any atom is 0.253 e. The summed E-state index contributed by atoms with van der Waals surface area (Å²) in [5.41, 5.74) is 3.01. The lowest BCUT2D eigenvalue weighted by atomic mass is 10.1. The fourth-order valence-corrected chi connectivity index (χ4v) is 2.70. The van der Waals surface area contributed by atoms with Crippen LogP contribution in [0.2, 0.25) is 0 Å². The smallest absolute Gasteiger partial charge is 0.253 e. The summed E-state index contributed by atoms with van der Waals surface area (Å²) in [6.45, 7) is 6.22. The molecule has 2 N–H and O–H groups in total. The van der Waals surface area contributed by atoms with E-state index >= 15 is 0 Å². The van der Waals surface area contributed by atoms with Crippen LogP contribution in [-0.4, -0.2) is 28.2 Å². The van der Waals surface area contributed by atoms with Crippen LogP contribution in [0.5, 0.6) is 0 Å². The summed E-state index contributed by atoms with van der Waals surface area (Å²) >= 11 is 0. The molecule has 1 aliphatic rings. The van der Waals surface area contributed by atoms with Gasteiger partial charge in [0.15, 0.2) is 0 Å². The van der Waals surface area contributed by atoms with Crippen LogP contribution in [0.25, 0.3) is 0 Å².